The molecule has 1 atom stereocenters. The minimum absolute atomic E-state index is 0.00968. The van der Waals surface area contributed by atoms with E-state index in [2.05, 4.69) is 15.9 Å². The van der Waals surface area contributed by atoms with Crippen LogP contribution in [0.4, 0.5) is 0 Å². The summed E-state index contributed by atoms with van der Waals surface area (Å²) in [5.41, 5.74) is 0.391. The number of rotatable bonds is 2. The van der Waals surface area contributed by atoms with Gasteiger partial charge in [-0.1, -0.05) is 15.9 Å². The zero-order valence-corrected chi connectivity index (χ0v) is 17.7. The Hall–Kier alpha value is -1.89. The van der Waals surface area contributed by atoms with Gasteiger partial charge in [-0.15, -0.1) is 0 Å². The molecular weight excluding hydrogens is 410 g/mol. The second kappa shape index (κ2) is 7.62. The van der Waals surface area contributed by atoms with Crippen LogP contribution >= 0.6 is 15.9 Å². The molecule has 2 fully saturated rings. The lowest BCUT2D eigenvalue weighted by Gasteiger charge is -2.36. The number of hydrogen-bond acceptors (Lipinski definition) is 3. The maximum absolute atomic E-state index is 12.8. The fourth-order valence-corrected chi connectivity index (χ4v) is 3.95. The summed E-state index contributed by atoms with van der Waals surface area (Å²) in [5, 5.41) is 0. The first-order valence-corrected chi connectivity index (χ1v) is 10.1. The molecule has 2 aliphatic rings. The molecule has 27 heavy (non-hydrogen) atoms. The highest BCUT2D eigenvalue weighted by molar-refractivity contribution is 9.10. The maximum atomic E-state index is 12.8. The van der Waals surface area contributed by atoms with Crippen LogP contribution in [0, 0.1) is 5.92 Å². The van der Waals surface area contributed by atoms with Gasteiger partial charge in [-0.2, -0.15) is 0 Å². The van der Waals surface area contributed by atoms with Crippen LogP contribution in [0.25, 0.3) is 0 Å². The first-order chi connectivity index (χ1) is 12.7. The lowest BCUT2D eigenvalue weighted by molar-refractivity contribution is -0.137. The van der Waals surface area contributed by atoms with E-state index in [0.717, 1.165) is 4.47 Å². The smallest absolute Gasteiger partial charge is 0.253 e. The Morgan fingerprint density at radius 1 is 1.00 bits per heavy atom. The Morgan fingerprint density at radius 3 is 2.07 bits per heavy atom. The SMILES string of the molecule is CC(C)(C)N1CC(C(=O)N2CCN(C(=O)c3ccc(Br)cc3)CC2)CC1=O. The van der Waals surface area contributed by atoms with Crippen molar-refractivity contribution in [2.24, 2.45) is 5.92 Å². The van der Waals surface area contributed by atoms with Crippen LogP contribution in [-0.4, -0.2) is 70.7 Å². The van der Waals surface area contributed by atoms with Crippen LogP contribution in [-0.2, 0) is 9.59 Å². The van der Waals surface area contributed by atoms with Crippen LogP contribution in [0.1, 0.15) is 37.6 Å². The van der Waals surface area contributed by atoms with Gasteiger partial charge in [0.2, 0.25) is 11.8 Å². The molecule has 0 radical (unpaired) electrons. The number of halogens is 1. The van der Waals surface area contributed by atoms with Crippen molar-refractivity contribution in [3.63, 3.8) is 0 Å². The van der Waals surface area contributed by atoms with E-state index in [1.807, 2.05) is 32.9 Å². The molecule has 7 heteroatoms. The van der Waals surface area contributed by atoms with Gasteiger partial charge in [0.1, 0.15) is 0 Å². The molecule has 1 aromatic rings. The third-order valence-corrected chi connectivity index (χ3v) is 5.78. The zero-order valence-electron chi connectivity index (χ0n) is 16.1. The van der Waals surface area contributed by atoms with Crippen molar-refractivity contribution >= 4 is 33.7 Å². The van der Waals surface area contributed by atoms with E-state index in [0.29, 0.717) is 38.3 Å². The van der Waals surface area contributed by atoms with E-state index in [1.165, 1.54) is 0 Å². The number of likely N-dealkylation sites (tertiary alicyclic amines) is 1. The van der Waals surface area contributed by atoms with E-state index in [-0.39, 0.29) is 35.6 Å². The number of carbonyl (C=O) groups excluding carboxylic acids is 3. The van der Waals surface area contributed by atoms with Crippen LogP contribution in [0.5, 0.6) is 0 Å². The average Bonchev–Trinajstić information content (AvgIpc) is 3.03. The van der Waals surface area contributed by atoms with Crippen molar-refractivity contribution in [2.45, 2.75) is 32.7 Å². The van der Waals surface area contributed by atoms with Gasteiger partial charge in [0.25, 0.3) is 5.91 Å². The molecule has 0 aliphatic carbocycles. The van der Waals surface area contributed by atoms with Gasteiger partial charge in [-0.3, -0.25) is 14.4 Å². The number of nitrogens with zero attached hydrogens (tertiary/aromatic N) is 3. The first-order valence-electron chi connectivity index (χ1n) is 9.31. The summed E-state index contributed by atoms with van der Waals surface area (Å²) < 4.78 is 0.935. The van der Waals surface area contributed by atoms with Gasteiger partial charge in [-0.05, 0) is 45.0 Å². The minimum Gasteiger partial charge on any atom is -0.339 e. The van der Waals surface area contributed by atoms with Gasteiger partial charge in [0, 0.05) is 54.7 Å². The fraction of sp³-hybridized carbons (Fsp3) is 0.550. The Balaban J connectivity index is 1.56. The summed E-state index contributed by atoms with van der Waals surface area (Å²) >= 11 is 3.37. The van der Waals surface area contributed by atoms with E-state index >= 15 is 0 Å². The molecule has 0 aromatic heterocycles. The van der Waals surface area contributed by atoms with Gasteiger partial charge in [0.05, 0.1) is 5.92 Å². The molecule has 2 saturated heterocycles. The van der Waals surface area contributed by atoms with Crippen LogP contribution < -0.4 is 0 Å². The lowest BCUT2D eigenvalue weighted by atomic mass is 10.1. The molecule has 1 aromatic carbocycles. The topological polar surface area (TPSA) is 60.9 Å². The van der Waals surface area contributed by atoms with E-state index < -0.39 is 0 Å². The molecule has 0 bridgehead atoms. The summed E-state index contributed by atoms with van der Waals surface area (Å²) in [6, 6.07) is 7.31. The van der Waals surface area contributed by atoms with Gasteiger partial charge < -0.3 is 14.7 Å². The predicted octanol–water partition coefficient (Wildman–Crippen LogP) is 2.38. The molecule has 6 nitrogen and oxygen atoms in total. The second-order valence-electron chi connectivity index (χ2n) is 8.20. The molecule has 3 rings (SSSR count). The number of carbonyl (C=O) groups is 3. The number of benzene rings is 1. The third kappa shape index (κ3) is 4.34. The van der Waals surface area contributed by atoms with E-state index in [1.54, 1.807) is 26.8 Å². The Bertz CT molecular complexity index is 734. The molecule has 0 N–H and O–H groups in total. The summed E-state index contributed by atoms with van der Waals surface area (Å²) in [7, 11) is 0. The van der Waals surface area contributed by atoms with Crippen molar-refractivity contribution < 1.29 is 14.4 Å². The molecule has 2 heterocycles. The molecule has 3 amide bonds. The highest BCUT2D eigenvalue weighted by Gasteiger charge is 2.41. The third-order valence-electron chi connectivity index (χ3n) is 5.25. The summed E-state index contributed by atoms with van der Waals surface area (Å²) in [6.45, 7) is 8.52. The van der Waals surface area contributed by atoms with Crippen LogP contribution in [0.15, 0.2) is 28.7 Å². The summed E-state index contributed by atoms with van der Waals surface area (Å²) in [5.74, 6) is -0.203. The molecule has 2 aliphatic heterocycles. The van der Waals surface area contributed by atoms with Crippen molar-refractivity contribution in [3.05, 3.63) is 34.3 Å². The van der Waals surface area contributed by atoms with Crippen molar-refractivity contribution in [2.75, 3.05) is 32.7 Å². The second-order valence-corrected chi connectivity index (χ2v) is 9.12. The highest BCUT2D eigenvalue weighted by atomic mass is 79.9. The van der Waals surface area contributed by atoms with Crippen molar-refractivity contribution in [1.82, 2.24) is 14.7 Å². The Morgan fingerprint density at radius 2 is 1.56 bits per heavy atom. The Kier molecular flexibility index (Phi) is 5.60. The first kappa shape index (κ1) is 19.9. The molecule has 0 saturated carbocycles. The largest absolute Gasteiger partial charge is 0.339 e. The van der Waals surface area contributed by atoms with E-state index in [4.69, 9.17) is 0 Å². The number of amides is 3. The van der Waals surface area contributed by atoms with Crippen LogP contribution in [0.3, 0.4) is 0 Å². The highest BCUT2D eigenvalue weighted by Crippen LogP contribution is 2.27. The standard InChI is InChI=1S/C20H26BrN3O3/c1-20(2,3)24-13-15(12-17(24)25)19(27)23-10-8-22(9-11-23)18(26)14-4-6-16(21)7-5-14/h4-7,15H,8-13H2,1-3H3. The normalized spacial score (nSPS) is 21.0. The van der Waals surface area contributed by atoms with E-state index in [9.17, 15) is 14.4 Å². The lowest BCUT2D eigenvalue weighted by Crippen LogP contribution is -2.52. The summed E-state index contributed by atoms with van der Waals surface area (Å²) in [4.78, 5) is 43.1. The number of piperazine rings is 1. The number of hydrogen-bond donors (Lipinski definition) is 0. The van der Waals surface area contributed by atoms with Crippen molar-refractivity contribution in [1.29, 1.82) is 0 Å². The van der Waals surface area contributed by atoms with Gasteiger partial charge in [0.15, 0.2) is 0 Å². The quantitative estimate of drug-likeness (QED) is 0.716. The zero-order chi connectivity index (χ0) is 19.8. The monoisotopic (exact) mass is 435 g/mol. The van der Waals surface area contributed by atoms with Gasteiger partial charge in [-0.25, -0.2) is 0 Å². The predicted molar refractivity (Wildman–Crippen MR) is 106 cm³/mol. The molecule has 1 unspecified atom stereocenters. The average molecular weight is 436 g/mol. The van der Waals surface area contributed by atoms with Gasteiger partial charge >= 0.3 is 0 Å². The fourth-order valence-electron chi connectivity index (χ4n) is 3.68. The molecule has 0 spiro atoms. The summed E-state index contributed by atoms with van der Waals surface area (Å²) in [6.07, 6.45) is 0.286. The molecular formula is C20H26BrN3O3. The Labute approximate surface area is 168 Å². The maximum Gasteiger partial charge on any atom is 0.253 e. The molecule has 146 valence electrons. The van der Waals surface area contributed by atoms with Crippen molar-refractivity contribution in [3.8, 4) is 0 Å². The minimum atomic E-state index is -0.273. The van der Waals surface area contributed by atoms with Crippen LogP contribution in [0.2, 0.25) is 0 Å².